The van der Waals surface area contributed by atoms with Gasteiger partial charge in [0, 0.05) is 5.92 Å². The second-order valence-electron chi connectivity index (χ2n) is 6.25. The molecule has 0 saturated heterocycles. The molecule has 1 fully saturated rings. The second kappa shape index (κ2) is 6.97. The van der Waals surface area contributed by atoms with Gasteiger partial charge in [0.2, 0.25) is 5.91 Å². The zero-order valence-electron chi connectivity index (χ0n) is 14.1. The minimum absolute atomic E-state index is 0.142. The lowest BCUT2D eigenvalue weighted by molar-refractivity contribution is -0.143. The van der Waals surface area contributed by atoms with E-state index in [0.717, 1.165) is 16.9 Å². The van der Waals surface area contributed by atoms with E-state index in [4.69, 9.17) is 4.74 Å². The molecule has 2 unspecified atom stereocenters. The maximum Gasteiger partial charge on any atom is 0.330 e. The third-order valence-electron chi connectivity index (χ3n) is 4.51. The number of hydrogen-bond donors (Lipinski definition) is 2. The van der Waals surface area contributed by atoms with Crippen LogP contribution < -0.4 is 10.1 Å². The number of aliphatic carboxylic acids is 1. The molecule has 2 N–H and O–H groups in total. The Morgan fingerprint density at radius 1 is 1.16 bits per heavy atom. The first-order valence-electron chi connectivity index (χ1n) is 8.36. The minimum atomic E-state index is -1.19. The van der Waals surface area contributed by atoms with Crippen molar-refractivity contribution in [2.75, 3.05) is 6.61 Å². The fraction of sp³-hybridized carbons (Fsp3) is 0.300. The molecule has 25 heavy (non-hydrogen) atoms. The quantitative estimate of drug-likeness (QED) is 0.813. The van der Waals surface area contributed by atoms with Crippen LogP contribution in [0.1, 0.15) is 30.4 Å². The summed E-state index contributed by atoms with van der Waals surface area (Å²) in [5, 5.41) is 12.3. The van der Waals surface area contributed by atoms with E-state index >= 15 is 0 Å². The summed E-state index contributed by atoms with van der Waals surface area (Å²) in [6, 6.07) is 16.7. The van der Waals surface area contributed by atoms with Crippen molar-refractivity contribution in [3.8, 4) is 5.75 Å². The number of rotatable bonds is 7. The third-order valence-corrected chi connectivity index (χ3v) is 4.51. The van der Waals surface area contributed by atoms with Crippen LogP contribution in [0.25, 0.3) is 0 Å². The van der Waals surface area contributed by atoms with E-state index in [-0.39, 0.29) is 18.2 Å². The molecule has 5 heteroatoms. The molecule has 1 aliphatic rings. The molecular formula is C20H21NO4. The van der Waals surface area contributed by atoms with Gasteiger partial charge >= 0.3 is 5.97 Å². The van der Waals surface area contributed by atoms with E-state index in [2.05, 4.69) is 5.32 Å². The van der Waals surface area contributed by atoms with Crippen molar-refractivity contribution in [2.24, 2.45) is 0 Å². The average Bonchev–Trinajstić information content (AvgIpc) is 3.33. The predicted molar refractivity (Wildman–Crippen MR) is 93.6 cm³/mol. The van der Waals surface area contributed by atoms with Crippen molar-refractivity contribution < 1.29 is 19.4 Å². The topological polar surface area (TPSA) is 75.6 Å². The minimum Gasteiger partial charge on any atom is -0.494 e. The lowest BCUT2D eigenvalue weighted by Crippen LogP contribution is -2.45. The summed E-state index contributed by atoms with van der Waals surface area (Å²) >= 11 is 0. The van der Waals surface area contributed by atoms with Gasteiger partial charge < -0.3 is 15.2 Å². The zero-order valence-corrected chi connectivity index (χ0v) is 14.1. The van der Waals surface area contributed by atoms with Crippen molar-refractivity contribution in [2.45, 2.75) is 31.2 Å². The maximum absolute atomic E-state index is 12.4. The van der Waals surface area contributed by atoms with Gasteiger partial charge in [-0.2, -0.15) is 0 Å². The van der Waals surface area contributed by atoms with Crippen LogP contribution in [0.15, 0.2) is 54.6 Å². The molecule has 3 rings (SSSR count). The Kier molecular flexibility index (Phi) is 4.74. The summed E-state index contributed by atoms with van der Waals surface area (Å²) in [6.07, 6.45) is 0.560. The van der Waals surface area contributed by atoms with Crippen molar-refractivity contribution in [1.29, 1.82) is 0 Å². The third kappa shape index (κ3) is 3.65. The van der Waals surface area contributed by atoms with Crippen molar-refractivity contribution in [1.82, 2.24) is 5.32 Å². The summed E-state index contributed by atoms with van der Waals surface area (Å²) < 4.78 is 5.37. The van der Waals surface area contributed by atoms with Gasteiger partial charge in [0.25, 0.3) is 0 Å². The smallest absolute Gasteiger partial charge is 0.330 e. The summed E-state index contributed by atoms with van der Waals surface area (Å²) in [6.45, 7) is 2.49. The average molecular weight is 339 g/mol. The van der Waals surface area contributed by atoms with Gasteiger partial charge in [-0.1, -0.05) is 42.5 Å². The molecule has 2 aromatic rings. The van der Waals surface area contributed by atoms with Crippen LogP contribution in [0.2, 0.25) is 0 Å². The molecule has 0 spiro atoms. The SMILES string of the molecule is CCOc1ccc(CC(=O)NC2(C(=O)O)CC2c2ccccc2)cc1. The monoisotopic (exact) mass is 339 g/mol. The van der Waals surface area contributed by atoms with E-state index in [1.165, 1.54) is 0 Å². The number of amides is 1. The molecule has 1 saturated carbocycles. The highest BCUT2D eigenvalue weighted by Gasteiger charge is 2.62. The lowest BCUT2D eigenvalue weighted by Gasteiger charge is -2.15. The van der Waals surface area contributed by atoms with Crippen LogP contribution in [0.4, 0.5) is 0 Å². The Morgan fingerprint density at radius 3 is 2.44 bits per heavy atom. The lowest BCUT2D eigenvalue weighted by atomic mass is 10.1. The largest absolute Gasteiger partial charge is 0.494 e. The van der Waals surface area contributed by atoms with Crippen molar-refractivity contribution in [3.63, 3.8) is 0 Å². The number of carbonyl (C=O) groups is 2. The Balaban J connectivity index is 1.65. The summed E-state index contributed by atoms with van der Waals surface area (Å²) in [4.78, 5) is 24.1. The first-order chi connectivity index (χ1) is 12.0. The highest BCUT2D eigenvalue weighted by molar-refractivity contribution is 5.92. The van der Waals surface area contributed by atoms with Gasteiger partial charge in [-0.15, -0.1) is 0 Å². The van der Waals surface area contributed by atoms with E-state index in [1.807, 2.05) is 61.5 Å². The first-order valence-corrected chi connectivity index (χ1v) is 8.36. The van der Waals surface area contributed by atoms with Crippen LogP contribution in [0.5, 0.6) is 5.75 Å². The molecule has 0 heterocycles. The highest BCUT2D eigenvalue weighted by atomic mass is 16.5. The molecule has 2 atom stereocenters. The molecular weight excluding hydrogens is 318 g/mol. The number of hydrogen-bond acceptors (Lipinski definition) is 3. The Hall–Kier alpha value is -2.82. The van der Waals surface area contributed by atoms with Crippen LogP contribution in [0, 0.1) is 0 Å². The predicted octanol–water partition coefficient (Wildman–Crippen LogP) is 2.75. The number of ether oxygens (including phenoxy) is 1. The van der Waals surface area contributed by atoms with E-state index in [9.17, 15) is 14.7 Å². The summed E-state index contributed by atoms with van der Waals surface area (Å²) in [7, 11) is 0. The summed E-state index contributed by atoms with van der Waals surface area (Å²) in [5.74, 6) is -0.707. The van der Waals surface area contributed by atoms with Gasteiger partial charge in [0.1, 0.15) is 11.3 Å². The summed E-state index contributed by atoms with van der Waals surface area (Å²) in [5.41, 5.74) is 0.564. The maximum atomic E-state index is 12.4. The highest BCUT2D eigenvalue weighted by Crippen LogP contribution is 2.51. The van der Waals surface area contributed by atoms with Crippen LogP contribution in [-0.4, -0.2) is 29.1 Å². The van der Waals surface area contributed by atoms with Crippen molar-refractivity contribution >= 4 is 11.9 Å². The molecule has 0 bridgehead atoms. The fourth-order valence-electron chi connectivity index (χ4n) is 3.13. The normalized spacial score (nSPS) is 21.4. The number of carbonyl (C=O) groups excluding carboxylic acids is 1. The number of carboxylic acids is 1. The zero-order chi connectivity index (χ0) is 17.9. The molecule has 0 aromatic heterocycles. The molecule has 0 aliphatic heterocycles. The Bertz CT molecular complexity index is 757. The van der Waals surface area contributed by atoms with Gasteiger partial charge in [-0.05, 0) is 36.6 Å². The molecule has 1 aliphatic carbocycles. The number of carboxylic acid groups (broad SMARTS) is 1. The van der Waals surface area contributed by atoms with E-state index < -0.39 is 11.5 Å². The molecule has 130 valence electrons. The van der Waals surface area contributed by atoms with Crippen LogP contribution in [0.3, 0.4) is 0 Å². The first kappa shape index (κ1) is 17.0. The van der Waals surface area contributed by atoms with Crippen molar-refractivity contribution in [3.05, 3.63) is 65.7 Å². The molecule has 2 aromatic carbocycles. The van der Waals surface area contributed by atoms with Gasteiger partial charge in [0.05, 0.1) is 13.0 Å². The van der Waals surface area contributed by atoms with Crippen LogP contribution in [-0.2, 0) is 16.0 Å². The number of benzene rings is 2. The standard InChI is InChI=1S/C20H21NO4/c1-2-25-16-10-8-14(9-11-16)12-18(22)21-20(19(23)24)13-17(20)15-6-4-3-5-7-15/h3-11,17H,2,12-13H2,1H3,(H,21,22)(H,23,24). The van der Waals surface area contributed by atoms with Gasteiger partial charge in [0.15, 0.2) is 0 Å². The Labute approximate surface area is 146 Å². The Morgan fingerprint density at radius 2 is 1.84 bits per heavy atom. The molecule has 1 amide bonds. The van der Waals surface area contributed by atoms with Crippen LogP contribution >= 0.6 is 0 Å². The molecule has 0 radical (unpaired) electrons. The van der Waals surface area contributed by atoms with E-state index in [0.29, 0.717) is 13.0 Å². The second-order valence-corrected chi connectivity index (χ2v) is 6.25. The van der Waals surface area contributed by atoms with Gasteiger partial charge in [-0.25, -0.2) is 4.79 Å². The molecule has 5 nitrogen and oxygen atoms in total. The fourth-order valence-corrected chi connectivity index (χ4v) is 3.13. The van der Waals surface area contributed by atoms with E-state index in [1.54, 1.807) is 0 Å². The number of nitrogens with one attached hydrogen (secondary N) is 1. The van der Waals surface area contributed by atoms with Gasteiger partial charge in [-0.3, -0.25) is 4.79 Å².